The maximum atomic E-state index is 13.6. The average Bonchev–Trinajstić information content (AvgIpc) is 3.11. The molecule has 25 heteroatoms. The molecule has 20 N–H and O–H groups in total. The van der Waals surface area contributed by atoms with Crippen molar-refractivity contribution in [1.82, 2.24) is 31.9 Å². The molecule has 0 aromatic rings. The molecule has 0 aliphatic carbocycles. The van der Waals surface area contributed by atoms with Gasteiger partial charge in [-0.15, -0.1) is 0 Å². The van der Waals surface area contributed by atoms with E-state index in [-0.39, 0.29) is 63.5 Å². The zero-order valence-electron chi connectivity index (χ0n) is 32.6. The van der Waals surface area contributed by atoms with Gasteiger partial charge in [0.15, 0.2) is 5.96 Å². The molecule has 328 valence electrons. The van der Waals surface area contributed by atoms with Gasteiger partial charge in [-0.1, -0.05) is 13.8 Å². The number of hydrogen-bond acceptors (Lipinski definition) is 13. The molecule has 0 aliphatic heterocycles. The van der Waals surface area contributed by atoms with Crippen molar-refractivity contribution in [3.05, 3.63) is 0 Å². The molecule has 8 amide bonds. The monoisotopic (exact) mass is 829 g/mol. The number of guanidine groups is 1. The van der Waals surface area contributed by atoms with Crippen molar-refractivity contribution in [2.75, 3.05) is 19.6 Å². The quantitative estimate of drug-likeness (QED) is 0.0182. The summed E-state index contributed by atoms with van der Waals surface area (Å²) in [5.41, 5.74) is 32.4. The Balaban J connectivity index is 6.32. The summed E-state index contributed by atoms with van der Waals surface area (Å²) in [6.07, 6.45) is -1.50. The molecule has 6 atom stereocenters. The Morgan fingerprint density at radius 1 is 0.569 bits per heavy atom. The summed E-state index contributed by atoms with van der Waals surface area (Å²) in [6.45, 7) is 2.92. The Labute approximate surface area is 334 Å². The minimum atomic E-state index is -1.88. The molecular weight excluding hydrogens is 770 g/mol. The highest BCUT2D eigenvalue weighted by atomic mass is 16.4. The molecule has 0 aromatic heterocycles. The number of primary amides is 2. The average molecular weight is 830 g/mol. The fourth-order valence-corrected chi connectivity index (χ4v) is 5.11. The summed E-state index contributed by atoms with van der Waals surface area (Å²) in [6, 6.07) is -9.04. The van der Waals surface area contributed by atoms with E-state index in [2.05, 4.69) is 36.9 Å². The van der Waals surface area contributed by atoms with Crippen molar-refractivity contribution < 1.29 is 58.2 Å². The van der Waals surface area contributed by atoms with Gasteiger partial charge in [-0.2, -0.15) is 0 Å². The summed E-state index contributed by atoms with van der Waals surface area (Å²) >= 11 is 0. The number of unbranched alkanes of at least 4 members (excludes halogenated alkanes) is 1. The number of rotatable bonds is 30. The molecule has 0 bridgehead atoms. The molecule has 0 unspecified atom stereocenters. The fraction of sp³-hybridized carbons (Fsp3) is 0.667. The molecule has 25 nitrogen and oxygen atoms in total. The number of carboxylic acid groups (broad SMARTS) is 2. The third kappa shape index (κ3) is 23.1. The molecule has 58 heavy (non-hydrogen) atoms. The van der Waals surface area contributed by atoms with Crippen molar-refractivity contribution in [3.8, 4) is 0 Å². The van der Waals surface area contributed by atoms with Crippen LogP contribution in [0.5, 0.6) is 0 Å². The van der Waals surface area contributed by atoms with Crippen LogP contribution in [0, 0.1) is 5.92 Å². The van der Waals surface area contributed by atoms with Crippen LogP contribution in [-0.4, -0.2) is 131 Å². The van der Waals surface area contributed by atoms with Crippen molar-refractivity contribution in [3.63, 3.8) is 0 Å². The van der Waals surface area contributed by atoms with E-state index in [4.69, 9.17) is 39.5 Å². The number of carbonyl (C=O) groups excluding carboxylic acids is 8. The first kappa shape index (κ1) is 51.9. The highest BCUT2D eigenvalue weighted by Gasteiger charge is 2.34. The van der Waals surface area contributed by atoms with Crippen LogP contribution < -0.4 is 66.3 Å². The molecule has 0 saturated heterocycles. The van der Waals surface area contributed by atoms with Crippen LogP contribution in [0.3, 0.4) is 0 Å². The van der Waals surface area contributed by atoms with E-state index in [1.165, 1.54) is 0 Å². The molecule has 0 aliphatic rings. The Bertz CT molecular complexity index is 1490. The van der Waals surface area contributed by atoms with Gasteiger partial charge >= 0.3 is 11.9 Å². The maximum Gasteiger partial charge on any atom is 0.322 e. The molecule has 0 rings (SSSR count). The van der Waals surface area contributed by atoms with E-state index in [0.29, 0.717) is 12.8 Å². The largest absolute Gasteiger partial charge is 0.481 e. The van der Waals surface area contributed by atoms with Gasteiger partial charge in [0.2, 0.25) is 47.3 Å². The van der Waals surface area contributed by atoms with Crippen molar-refractivity contribution >= 4 is 65.2 Å². The van der Waals surface area contributed by atoms with E-state index < -0.39 is 115 Å². The number of nitrogens with one attached hydrogen (secondary N) is 6. The topological polar surface area (TPSA) is 452 Å². The summed E-state index contributed by atoms with van der Waals surface area (Å²) < 4.78 is 0. The SMILES string of the molecule is CC(C)C[C@H](NC(=O)[C@H](CC(N)=O)NC(=O)[C@H](CC(=O)O)NC(=O)[C@H](CCCCN)NC(=O)[C@@H](N)CCC(N)=O)C(=O)N[C@@H](CCCN=C(N)N)C(=O)NCC(=O)O. The Morgan fingerprint density at radius 3 is 1.55 bits per heavy atom. The van der Waals surface area contributed by atoms with Crippen molar-refractivity contribution in [2.45, 2.75) is 114 Å². The zero-order valence-corrected chi connectivity index (χ0v) is 32.6. The van der Waals surface area contributed by atoms with Crippen LogP contribution in [0.15, 0.2) is 4.99 Å². The van der Waals surface area contributed by atoms with E-state index in [0.717, 1.165) is 0 Å². The molecule has 0 spiro atoms. The van der Waals surface area contributed by atoms with Gasteiger partial charge in [-0.05, 0) is 57.4 Å². The lowest BCUT2D eigenvalue weighted by Gasteiger charge is -2.27. The van der Waals surface area contributed by atoms with Crippen LogP contribution in [0.1, 0.15) is 78.1 Å². The summed E-state index contributed by atoms with van der Waals surface area (Å²) in [5, 5.41) is 32.4. The summed E-state index contributed by atoms with van der Waals surface area (Å²) in [5.74, 6) is -11.3. The van der Waals surface area contributed by atoms with Crippen molar-refractivity contribution in [2.24, 2.45) is 45.3 Å². The van der Waals surface area contributed by atoms with Crippen molar-refractivity contribution in [1.29, 1.82) is 0 Å². The van der Waals surface area contributed by atoms with Gasteiger partial charge in [-0.3, -0.25) is 52.9 Å². The second-order valence-corrected chi connectivity index (χ2v) is 13.7. The lowest BCUT2D eigenvalue weighted by molar-refractivity contribution is -0.142. The fourth-order valence-electron chi connectivity index (χ4n) is 5.11. The smallest absolute Gasteiger partial charge is 0.322 e. The molecule has 0 fully saturated rings. The Hall–Kier alpha value is -6.11. The minimum absolute atomic E-state index is 0.0247. The second-order valence-electron chi connectivity index (χ2n) is 13.7. The lowest BCUT2D eigenvalue weighted by Crippen LogP contribution is -2.60. The van der Waals surface area contributed by atoms with Gasteiger partial charge < -0.3 is 76.5 Å². The second kappa shape index (κ2) is 27.5. The highest BCUT2D eigenvalue weighted by molar-refractivity contribution is 5.99. The minimum Gasteiger partial charge on any atom is -0.481 e. The van der Waals surface area contributed by atoms with Gasteiger partial charge in [0, 0.05) is 13.0 Å². The molecule has 0 aromatic carbocycles. The third-order valence-electron chi connectivity index (χ3n) is 8.00. The first-order chi connectivity index (χ1) is 27.1. The van der Waals surface area contributed by atoms with Crippen LogP contribution in [0.4, 0.5) is 0 Å². The van der Waals surface area contributed by atoms with E-state index in [1.54, 1.807) is 13.8 Å². The number of aliphatic carboxylic acids is 2. The predicted octanol–water partition coefficient (Wildman–Crippen LogP) is -6.22. The molecule has 0 radical (unpaired) electrons. The maximum absolute atomic E-state index is 13.6. The van der Waals surface area contributed by atoms with E-state index >= 15 is 0 Å². The zero-order chi connectivity index (χ0) is 44.5. The number of amides is 8. The molecule has 0 saturated carbocycles. The first-order valence-electron chi connectivity index (χ1n) is 18.4. The van der Waals surface area contributed by atoms with Gasteiger partial charge in [-0.25, -0.2) is 0 Å². The van der Waals surface area contributed by atoms with Crippen LogP contribution >= 0.6 is 0 Å². The van der Waals surface area contributed by atoms with Crippen LogP contribution in [-0.2, 0) is 47.9 Å². The van der Waals surface area contributed by atoms with Gasteiger partial charge in [0.25, 0.3) is 0 Å². The predicted molar refractivity (Wildman–Crippen MR) is 205 cm³/mol. The van der Waals surface area contributed by atoms with Crippen LogP contribution in [0.2, 0.25) is 0 Å². The van der Waals surface area contributed by atoms with Crippen LogP contribution in [0.25, 0.3) is 0 Å². The standard InChI is InChI=1S/C33H59N13O12/c1-16(2)12-20(30(56)43-18(7-5-11-40-33(38)39)28(54)41-15-26(51)52)44-31(57)21(13-24(37)48)45-32(58)22(14-25(49)50)46-29(55)19(6-3-4-10-34)42-27(53)17(35)8-9-23(36)47/h16-22H,3-15,34-35H2,1-2H3,(H2,36,47)(H2,37,48)(H,41,54)(H,42,53)(H,43,56)(H,44,57)(H,45,58)(H,46,55)(H,49,50)(H,51,52)(H4,38,39,40)/t17-,18-,19-,20-,21-,22-/m0/s1. The Kier molecular flexibility index (Phi) is 24.6. The van der Waals surface area contributed by atoms with E-state index in [9.17, 15) is 53.1 Å². The van der Waals surface area contributed by atoms with Gasteiger partial charge in [0.1, 0.15) is 36.8 Å². The number of aliphatic imine (C=N–C) groups is 1. The number of nitrogens with zero attached hydrogens (tertiary/aromatic N) is 1. The third-order valence-corrected chi connectivity index (χ3v) is 8.00. The first-order valence-corrected chi connectivity index (χ1v) is 18.4. The number of nitrogens with two attached hydrogens (primary N) is 6. The highest BCUT2D eigenvalue weighted by Crippen LogP contribution is 2.10. The molecule has 0 heterocycles. The molecular formula is C33H59N13O12. The number of hydrogen-bond donors (Lipinski definition) is 14. The normalized spacial score (nSPS) is 13.9. The number of carbonyl (C=O) groups is 10. The summed E-state index contributed by atoms with van der Waals surface area (Å²) in [4.78, 5) is 129. The lowest BCUT2D eigenvalue weighted by atomic mass is 10.0. The van der Waals surface area contributed by atoms with Gasteiger partial charge in [0.05, 0.1) is 18.9 Å². The Morgan fingerprint density at radius 2 is 1.05 bits per heavy atom. The number of carboxylic acids is 2. The van der Waals surface area contributed by atoms with E-state index in [1.807, 2.05) is 0 Å². The summed E-state index contributed by atoms with van der Waals surface area (Å²) in [7, 11) is 0.